The lowest BCUT2D eigenvalue weighted by molar-refractivity contribution is -0.133. The van der Waals surface area contributed by atoms with Gasteiger partial charge in [-0.05, 0) is 45.1 Å². The first-order valence-electron chi connectivity index (χ1n) is 14.1. The first-order chi connectivity index (χ1) is 19.5. The van der Waals surface area contributed by atoms with E-state index in [9.17, 15) is 24.4 Å². The Morgan fingerprint density at radius 2 is 1.78 bits per heavy atom. The van der Waals surface area contributed by atoms with Crippen molar-refractivity contribution in [2.45, 2.75) is 70.5 Å². The molecule has 13 heteroatoms. The van der Waals surface area contributed by atoms with Gasteiger partial charge in [-0.15, -0.1) is 0 Å². The van der Waals surface area contributed by atoms with Crippen LogP contribution in [-0.2, 0) is 20.7 Å². The van der Waals surface area contributed by atoms with Crippen LogP contribution < -0.4 is 5.32 Å². The van der Waals surface area contributed by atoms with E-state index in [2.05, 4.69) is 31.0 Å². The molecule has 0 aliphatic carbocycles. The highest BCUT2D eigenvalue weighted by molar-refractivity contribution is 6.43. The van der Waals surface area contributed by atoms with Crippen LogP contribution in [0.3, 0.4) is 0 Å². The fourth-order valence-electron chi connectivity index (χ4n) is 4.72. The molecular formula is C28H44BN5O7. The molecule has 1 aromatic rings. The Balaban J connectivity index is 0.000000333. The number of piperidine rings is 1. The SMILES string of the molecule is CCC(C)(C)N1CCN(C(=O)OC)CC1.N#CCC(=O)N1CCCC(OC(=O)NC(Cc2ccccc2)B(O)O)C1. The minimum Gasteiger partial charge on any atom is -0.453 e. The second-order valence-corrected chi connectivity index (χ2v) is 10.8. The van der Waals surface area contributed by atoms with Gasteiger partial charge >= 0.3 is 19.3 Å². The van der Waals surface area contributed by atoms with E-state index in [0.717, 1.165) is 38.2 Å². The molecule has 0 radical (unpaired) electrons. The molecule has 3 N–H and O–H groups in total. The van der Waals surface area contributed by atoms with Gasteiger partial charge in [-0.3, -0.25) is 9.69 Å². The van der Waals surface area contributed by atoms with Crippen LogP contribution >= 0.6 is 0 Å². The summed E-state index contributed by atoms with van der Waals surface area (Å²) in [4.78, 5) is 40.9. The topological polar surface area (TPSA) is 156 Å². The number of hydrogen-bond donors (Lipinski definition) is 3. The van der Waals surface area contributed by atoms with E-state index in [1.54, 1.807) is 4.90 Å². The molecule has 12 nitrogen and oxygen atoms in total. The van der Waals surface area contributed by atoms with Gasteiger partial charge in [0.25, 0.3) is 0 Å². The van der Waals surface area contributed by atoms with Crippen LogP contribution in [0.1, 0.15) is 52.0 Å². The number of amides is 3. The first-order valence-corrected chi connectivity index (χ1v) is 14.1. The molecule has 2 fully saturated rings. The second-order valence-electron chi connectivity index (χ2n) is 10.8. The fourth-order valence-corrected chi connectivity index (χ4v) is 4.72. The number of nitrogens with one attached hydrogen (secondary N) is 1. The zero-order valence-electron chi connectivity index (χ0n) is 24.6. The van der Waals surface area contributed by atoms with Gasteiger partial charge in [-0.1, -0.05) is 37.3 Å². The van der Waals surface area contributed by atoms with E-state index in [1.165, 1.54) is 12.0 Å². The van der Waals surface area contributed by atoms with Crippen LogP contribution in [0.4, 0.5) is 9.59 Å². The summed E-state index contributed by atoms with van der Waals surface area (Å²) >= 11 is 0. The molecule has 2 unspecified atom stereocenters. The zero-order chi connectivity index (χ0) is 30.4. The van der Waals surface area contributed by atoms with Crippen molar-refractivity contribution in [1.82, 2.24) is 20.0 Å². The van der Waals surface area contributed by atoms with Crippen LogP contribution in [0.25, 0.3) is 0 Å². The van der Waals surface area contributed by atoms with Crippen molar-refractivity contribution < 1.29 is 33.9 Å². The summed E-state index contributed by atoms with van der Waals surface area (Å²) < 4.78 is 10.0. The molecule has 3 amide bonds. The molecular weight excluding hydrogens is 529 g/mol. The first kappa shape index (κ1) is 33.9. The molecule has 0 spiro atoms. The maximum absolute atomic E-state index is 12.1. The molecule has 2 heterocycles. The quantitative estimate of drug-likeness (QED) is 0.395. The average molecular weight is 574 g/mol. The summed E-state index contributed by atoms with van der Waals surface area (Å²) in [7, 11) is -0.298. The van der Waals surface area contributed by atoms with E-state index in [-0.39, 0.29) is 36.9 Å². The molecule has 0 aromatic heterocycles. The van der Waals surface area contributed by atoms with E-state index >= 15 is 0 Å². The Morgan fingerprint density at radius 3 is 2.34 bits per heavy atom. The molecule has 2 aliphatic heterocycles. The Hall–Kier alpha value is -3.34. The highest BCUT2D eigenvalue weighted by Gasteiger charge is 2.31. The van der Waals surface area contributed by atoms with Crippen molar-refractivity contribution in [3.8, 4) is 6.07 Å². The number of benzene rings is 1. The fraction of sp³-hybridized carbons (Fsp3) is 0.643. The molecule has 2 saturated heterocycles. The lowest BCUT2D eigenvalue weighted by Crippen LogP contribution is -2.55. The van der Waals surface area contributed by atoms with Crippen molar-refractivity contribution in [3.05, 3.63) is 35.9 Å². The number of ether oxygens (including phenoxy) is 2. The summed E-state index contributed by atoms with van der Waals surface area (Å²) in [5.41, 5.74) is 1.08. The van der Waals surface area contributed by atoms with Crippen molar-refractivity contribution >= 4 is 25.2 Å². The summed E-state index contributed by atoms with van der Waals surface area (Å²) in [6.07, 6.45) is 0.993. The Labute approximate surface area is 243 Å². The molecule has 41 heavy (non-hydrogen) atoms. The molecule has 1 aromatic carbocycles. The monoisotopic (exact) mass is 573 g/mol. The highest BCUT2D eigenvalue weighted by atomic mass is 16.6. The predicted octanol–water partition coefficient (Wildman–Crippen LogP) is 1.80. The van der Waals surface area contributed by atoms with Crippen LogP contribution in [0.2, 0.25) is 0 Å². The van der Waals surface area contributed by atoms with Gasteiger partial charge in [0.2, 0.25) is 5.91 Å². The zero-order valence-corrected chi connectivity index (χ0v) is 24.6. The van der Waals surface area contributed by atoms with E-state index in [4.69, 9.17) is 14.7 Å². The van der Waals surface area contributed by atoms with Crippen molar-refractivity contribution in [2.75, 3.05) is 46.4 Å². The van der Waals surface area contributed by atoms with Gasteiger partial charge in [0, 0.05) is 38.3 Å². The predicted molar refractivity (Wildman–Crippen MR) is 153 cm³/mol. The molecule has 3 rings (SSSR count). The maximum Gasteiger partial charge on any atom is 0.475 e. The number of rotatable bonds is 8. The smallest absolute Gasteiger partial charge is 0.453 e. The van der Waals surface area contributed by atoms with Gasteiger partial charge in [-0.25, -0.2) is 9.59 Å². The minimum atomic E-state index is -1.73. The number of carbonyl (C=O) groups is 3. The van der Waals surface area contributed by atoms with Crippen molar-refractivity contribution in [2.24, 2.45) is 0 Å². The van der Waals surface area contributed by atoms with Gasteiger partial charge in [0.1, 0.15) is 12.5 Å². The number of likely N-dealkylation sites (tertiary alicyclic amines) is 1. The summed E-state index contributed by atoms with van der Waals surface area (Å²) in [5, 5.41) is 30.1. The van der Waals surface area contributed by atoms with Crippen LogP contribution in [0, 0.1) is 11.3 Å². The van der Waals surface area contributed by atoms with Crippen molar-refractivity contribution in [1.29, 1.82) is 5.26 Å². The Morgan fingerprint density at radius 1 is 1.12 bits per heavy atom. The third-order valence-electron chi connectivity index (χ3n) is 7.63. The van der Waals surface area contributed by atoms with Gasteiger partial charge in [-0.2, -0.15) is 5.26 Å². The number of nitriles is 1. The van der Waals surface area contributed by atoms with Crippen LogP contribution in [0.5, 0.6) is 0 Å². The maximum atomic E-state index is 12.1. The summed E-state index contributed by atoms with van der Waals surface area (Å²) in [5.74, 6) is -1.20. The second kappa shape index (κ2) is 16.8. The third kappa shape index (κ3) is 11.2. The Kier molecular flexibility index (Phi) is 13.9. The number of carbonyl (C=O) groups excluding carboxylic acids is 3. The lowest BCUT2D eigenvalue weighted by atomic mass is 9.76. The van der Waals surface area contributed by atoms with Gasteiger partial charge < -0.3 is 34.6 Å². The molecule has 2 aliphatic rings. The lowest BCUT2D eigenvalue weighted by Gasteiger charge is -2.43. The number of piperazine rings is 1. The van der Waals surface area contributed by atoms with Gasteiger partial charge in [0.15, 0.2) is 0 Å². The molecule has 226 valence electrons. The van der Waals surface area contributed by atoms with E-state index in [1.807, 2.05) is 36.4 Å². The molecule has 0 saturated carbocycles. The summed E-state index contributed by atoms with van der Waals surface area (Å²) in [6, 6.07) is 10.9. The minimum absolute atomic E-state index is 0.200. The number of hydrogen-bond acceptors (Lipinski definition) is 9. The number of alkyl carbamates (subject to hydrolysis) is 1. The Bertz CT molecular complexity index is 1010. The van der Waals surface area contributed by atoms with Crippen LogP contribution in [-0.4, -0.2) is 114 Å². The molecule has 2 atom stereocenters. The van der Waals surface area contributed by atoms with Gasteiger partial charge in [0.05, 0.1) is 25.7 Å². The number of nitrogens with zero attached hydrogens (tertiary/aromatic N) is 4. The number of methoxy groups -OCH3 is 1. The van der Waals surface area contributed by atoms with Crippen LogP contribution in [0.15, 0.2) is 30.3 Å². The molecule has 0 bridgehead atoms. The van der Waals surface area contributed by atoms with E-state index in [0.29, 0.717) is 19.4 Å². The van der Waals surface area contributed by atoms with E-state index < -0.39 is 25.3 Å². The highest BCUT2D eigenvalue weighted by Crippen LogP contribution is 2.20. The largest absolute Gasteiger partial charge is 0.475 e. The standard InChI is InChI=1S/C17H22BN3O5.C11H22N2O2/c19-9-8-16(22)21-10-4-7-14(12-21)26-17(23)20-15(18(24)25)11-13-5-2-1-3-6-13;1-5-11(2,3)13-8-6-12(7-9-13)10(14)15-4/h1-3,5-6,14-15,24-25H,4,7-8,10-12H2,(H,20,23);5-9H2,1-4H3. The normalized spacial score (nSPS) is 18.2. The van der Waals surface area contributed by atoms with Crippen molar-refractivity contribution in [3.63, 3.8) is 0 Å². The third-order valence-corrected chi connectivity index (χ3v) is 7.63. The summed E-state index contributed by atoms with van der Waals surface area (Å²) in [6.45, 7) is 10.9. The average Bonchev–Trinajstić information content (AvgIpc) is 2.97.